The van der Waals surface area contributed by atoms with E-state index in [-0.39, 0.29) is 11.3 Å². The SMILES string of the molecule is C1=Cc2oc3cccc4c3c2C(C1)C4(c1ccccc1)c1ccc(N(c2ccc(-c3cccc4ccccc34)cc2)c2ccc3c(c2)oc2ccccc23)cc1. The molecule has 12 rings (SSSR count). The molecule has 3 heteroatoms. The smallest absolute Gasteiger partial charge is 0.137 e. The third-order valence-electron chi connectivity index (χ3n) is 12.4. The molecule has 56 heavy (non-hydrogen) atoms. The van der Waals surface area contributed by atoms with E-state index in [0.29, 0.717) is 0 Å². The zero-order valence-electron chi connectivity index (χ0n) is 30.5. The van der Waals surface area contributed by atoms with Crippen LogP contribution in [0.3, 0.4) is 0 Å². The second-order valence-electron chi connectivity index (χ2n) is 15.2. The van der Waals surface area contributed by atoms with Crippen molar-refractivity contribution in [1.29, 1.82) is 0 Å². The largest absolute Gasteiger partial charge is 0.456 e. The summed E-state index contributed by atoms with van der Waals surface area (Å²) < 4.78 is 12.9. The number of fused-ring (bicyclic) bond motifs is 4. The summed E-state index contributed by atoms with van der Waals surface area (Å²) in [5.74, 6) is 1.22. The molecule has 2 aliphatic carbocycles. The highest BCUT2D eigenvalue weighted by Crippen LogP contribution is 2.62. The monoisotopic (exact) mass is 717 g/mol. The molecule has 2 heterocycles. The second-order valence-corrected chi connectivity index (χ2v) is 15.2. The topological polar surface area (TPSA) is 29.5 Å². The predicted molar refractivity (Wildman–Crippen MR) is 230 cm³/mol. The van der Waals surface area contributed by atoms with Crippen molar-refractivity contribution in [3.8, 4) is 11.1 Å². The quantitative estimate of drug-likeness (QED) is 0.171. The zero-order chi connectivity index (χ0) is 36.8. The Labute approximate surface area is 324 Å². The van der Waals surface area contributed by atoms with E-state index < -0.39 is 0 Å². The van der Waals surface area contributed by atoms with Gasteiger partial charge < -0.3 is 13.7 Å². The van der Waals surface area contributed by atoms with Crippen molar-refractivity contribution in [3.63, 3.8) is 0 Å². The summed E-state index contributed by atoms with van der Waals surface area (Å²) in [5.41, 5.74) is 13.2. The van der Waals surface area contributed by atoms with Crippen LogP contribution in [0.5, 0.6) is 0 Å². The highest BCUT2D eigenvalue weighted by molar-refractivity contribution is 6.06. The number of furan rings is 2. The Balaban J connectivity index is 1.02. The molecule has 264 valence electrons. The van der Waals surface area contributed by atoms with E-state index in [9.17, 15) is 0 Å². The first-order chi connectivity index (χ1) is 27.8. The number of para-hydroxylation sites is 1. The van der Waals surface area contributed by atoms with Crippen molar-refractivity contribution in [2.75, 3.05) is 4.90 Å². The lowest BCUT2D eigenvalue weighted by Crippen LogP contribution is -2.33. The maximum atomic E-state index is 6.43. The summed E-state index contributed by atoms with van der Waals surface area (Å²) in [5, 5.41) is 6.01. The Kier molecular flexibility index (Phi) is 6.67. The summed E-state index contributed by atoms with van der Waals surface area (Å²) >= 11 is 0. The minimum atomic E-state index is -0.363. The Morgan fingerprint density at radius 3 is 2.02 bits per heavy atom. The van der Waals surface area contributed by atoms with Gasteiger partial charge in [-0.3, -0.25) is 0 Å². The summed E-state index contributed by atoms with van der Waals surface area (Å²) in [6.45, 7) is 0. The van der Waals surface area contributed by atoms with Crippen molar-refractivity contribution >= 4 is 66.8 Å². The average Bonchev–Trinajstić information content (AvgIpc) is 3.93. The van der Waals surface area contributed by atoms with Gasteiger partial charge in [-0.05, 0) is 99.6 Å². The summed E-state index contributed by atoms with van der Waals surface area (Å²) in [6.07, 6.45) is 5.41. The molecule has 10 aromatic rings. The lowest BCUT2D eigenvalue weighted by Gasteiger charge is -2.40. The molecule has 2 aliphatic rings. The van der Waals surface area contributed by atoms with Crippen LogP contribution in [-0.4, -0.2) is 0 Å². The van der Waals surface area contributed by atoms with E-state index >= 15 is 0 Å². The van der Waals surface area contributed by atoms with Gasteiger partial charge in [-0.2, -0.15) is 0 Å². The molecule has 8 aromatic carbocycles. The maximum Gasteiger partial charge on any atom is 0.137 e. The first-order valence-corrected chi connectivity index (χ1v) is 19.4. The normalized spacial score (nSPS) is 17.0. The molecule has 2 unspecified atom stereocenters. The number of rotatable bonds is 6. The van der Waals surface area contributed by atoms with Gasteiger partial charge in [0, 0.05) is 50.8 Å². The maximum absolute atomic E-state index is 6.43. The molecule has 0 saturated carbocycles. The molecular formula is C53H35NO2. The van der Waals surface area contributed by atoms with E-state index in [1.807, 2.05) is 12.1 Å². The molecule has 2 atom stereocenters. The van der Waals surface area contributed by atoms with E-state index in [1.165, 1.54) is 49.5 Å². The zero-order valence-corrected chi connectivity index (χ0v) is 30.5. The molecule has 0 radical (unpaired) electrons. The average molecular weight is 718 g/mol. The van der Waals surface area contributed by atoms with E-state index in [4.69, 9.17) is 8.83 Å². The van der Waals surface area contributed by atoms with Crippen LogP contribution in [0.15, 0.2) is 197 Å². The van der Waals surface area contributed by atoms with Gasteiger partial charge in [0.05, 0.1) is 5.41 Å². The molecule has 2 aromatic heterocycles. The molecule has 0 aliphatic heterocycles. The van der Waals surface area contributed by atoms with Gasteiger partial charge in [0.15, 0.2) is 0 Å². The van der Waals surface area contributed by atoms with Crippen molar-refractivity contribution in [1.82, 2.24) is 0 Å². The molecule has 0 N–H and O–H groups in total. The van der Waals surface area contributed by atoms with E-state index in [0.717, 1.165) is 56.8 Å². The van der Waals surface area contributed by atoms with Gasteiger partial charge in [-0.1, -0.05) is 133 Å². The third kappa shape index (κ3) is 4.40. The molecule has 3 nitrogen and oxygen atoms in total. The van der Waals surface area contributed by atoms with Gasteiger partial charge in [-0.25, -0.2) is 0 Å². The number of hydrogen-bond donors (Lipinski definition) is 0. The summed E-state index contributed by atoms with van der Waals surface area (Å²) in [6, 6.07) is 66.0. The standard InChI is InChI=1S/C53H35NO2/c1-2-13-36(14-3-1)53(45-18-9-21-48-51(45)52-46(53)19-10-22-49(52)56-48)37-25-29-39(30-26-37)54(40-31-32-44-43-16-6-7-20-47(43)55-50(44)33-40)38-27-23-35(24-28-38)42-17-8-12-34-11-4-5-15-41(34)42/h1-18,20-33,46H,19H2. The number of allylic oxidation sites excluding steroid dienone is 1. The van der Waals surface area contributed by atoms with Crippen molar-refractivity contribution in [2.45, 2.75) is 17.8 Å². The van der Waals surface area contributed by atoms with Crippen LogP contribution in [0.2, 0.25) is 0 Å². The summed E-state index contributed by atoms with van der Waals surface area (Å²) in [7, 11) is 0. The highest BCUT2D eigenvalue weighted by atomic mass is 16.3. The number of nitrogens with zero attached hydrogens (tertiary/aromatic N) is 1. The lowest BCUT2D eigenvalue weighted by atomic mass is 9.62. The van der Waals surface area contributed by atoms with Crippen LogP contribution >= 0.6 is 0 Å². The number of benzene rings is 8. The fraction of sp³-hybridized carbons (Fsp3) is 0.0566. The third-order valence-corrected chi connectivity index (χ3v) is 12.4. The highest BCUT2D eigenvalue weighted by Gasteiger charge is 2.52. The predicted octanol–water partition coefficient (Wildman–Crippen LogP) is 14.5. The van der Waals surface area contributed by atoms with E-state index in [1.54, 1.807) is 0 Å². The first kappa shape index (κ1) is 31.3. The molecule has 0 bridgehead atoms. The van der Waals surface area contributed by atoms with Crippen molar-refractivity contribution in [3.05, 3.63) is 216 Å². The second kappa shape index (κ2) is 11.9. The Hall–Kier alpha value is -7.10. The molecule has 0 amide bonds. The van der Waals surface area contributed by atoms with Crippen LogP contribution in [0, 0.1) is 0 Å². The van der Waals surface area contributed by atoms with Crippen LogP contribution in [0.25, 0.3) is 60.9 Å². The van der Waals surface area contributed by atoms with Gasteiger partial charge in [0.1, 0.15) is 22.5 Å². The van der Waals surface area contributed by atoms with Gasteiger partial charge in [0.2, 0.25) is 0 Å². The number of hydrogen-bond acceptors (Lipinski definition) is 3. The first-order valence-electron chi connectivity index (χ1n) is 19.4. The van der Waals surface area contributed by atoms with Crippen LogP contribution < -0.4 is 4.90 Å². The molecular weight excluding hydrogens is 683 g/mol. The Morgan fingerprint density at radius 2 is 1.16 bits per heavy atom. The van der Waals surface area contributed by atoms with Gasteiger partial charge in [0.25, 0.3) is 0 Å². The van der Waals surface area contributed by atoms with Crippen LogP contribution in [-0.2, 0) is 5.41 Å². The molecule has 0 fully saturated rings. The fourth-order valence-corrected chi connectivity index (χ4v) is 10.0. The van der Waals surface area contributed by atoms with Crippen LogP contribution in [0.4, 0.5) is 17.1 Å². The van der Waals surface area contributed by atoms with E-state index in [2.05, 4.69) is 187 Å². The Morgan fingerprint density at radius 1 is 0.500 bits per heavy atom. The molecule has 0 saturated heterocycles. The minimum Gasteiger partial charge on any atom is -0.456 e. The minimum absolute atomic E-state index is 0.225. The lowest BCUT2D eigenvalue weighted by molar-refractivity contribution is 0.483. The van der Waals surface area contributed by atoms with Crippen molar-refractivity contribution < 1.29 is 8.83 Å². The number of anilines is 3. The van der Waals surface area contributed by atoms with Gasteiger partial charge in [-0.15, -0.1) is 0 Å². The van der Waals surface area contributed by atoms with Crippen molar-refractivity contribution in [2.24, 2.45) is 0 Å². The van der Waals surface area contributed by atoms with Gasteiger partial charge >= 0.3 is 0 Å². The Bertz CT molecular complexity index is 3160. The molecule has 0 spiro atoms. The van der Waals surface area contributed by atoms with Crippen LogP contribution in [0.1, 0.15) is 40.4 Å². The summed E-state index contributed by atoms with van der Waals surface area (Å²) in [4.78, 5) is 2.35. The fourth-order valence-electron chi connectivity index (χ4n) is 10.0.